The molecule has 3 N–H and O–H groups in total. The molecule has 3 heteroatoms. The summed E-state index contributed by atoms with van der Waals surface area (Å²) in [6.07, 6.45) is 9.21. The van der Waals surface area contributed by atoms with Gasteiger partial charge in [0.15, 0.2) is 0 Å². The Morgan fingerprint density at radius 3 is 2.75 bits per heavy atom. The molecule has 2 rings (SSSR count). The van der Waals surface area contributed by atoms with Crippen LogP contribution in [-0.2, 0) is 11.2 Å². The van der Waals surface area contributed by atoms with Gasteiger partial charge in [-0.2, -0.15) is 0 Å². The van der Waals surface area contributed by atoms with E-state index >= 15 is 0 Å². The van der Waals surface area contributed by atoms with Crippen LogP contribution in [0.3, 0.4) is 0 Å². The quantitative estimate of drug-likeness (QED) is 0.592. The smallest absolute Gasteiger partial charge is 0.220 e. The summed E-state index contributed by atoms with van der Waals surface area (Å²) >= 11 is 0. The molecular formula is C17H26N2O. The van der Waals surface area contributed by atoms with Crippen molar-refractivity contribution in [1.29, 1.82) is 0 Å². The summed E-state index contributed by atoms with van der Waals surface area (Å²) in [5.41, 5.74) is 7.71. The third-order valence-corrected chi connectivity index (χ3v) is 4.26. The molecule has 3 nitrogen and oxygen atoms in total. The number of amides is 1. The van der Waals surface area contributed by atoms with Gasteiger partial charge in [-0.25, -0.2) is 0 Å². The van der Waals surface area contributed by atoms with E-state index in [0.717, 1.165) is 36.6 Å². The highest BCUT2D eigenvalue weighted by molar-refractivity contribution is 5.76. The first-order valence-corrected chi connectivity index (χ1v) is 7.86. The molecule has 0 aromatic heterocycles. The first kappa shape index (κ1) is 14.9. The number of nitrogens with two attached hydrogens (primary N) is 1. The Morgan fingerprint density at radius 2 is 2.00 bits per heavy atom. The Kier molecular flexibility index (Phi) is 5.90. The lowest BCUT2D eigenvalue weighted by atomic mass is 10.0. The molecule has 1 aromatic rings. The molecule has 0 radical (unpaired) electrons. The predicted octanol–water partition coefficient (Wildman–Crippen LogP) is 3.29. The number of hydrogen-bond acceptors (Lipinski definition) is 2. The molecule has 0 unspecified atom stereocenters. The molecule has 1 fully saturated rings. The van der Waals surface area contributed by atoms with Crippen LogP contribution in [-0.4, -0.2) is 12.5 Å². The maximum absolute atomic E-state index is 11.8. The predicted molar refractivity (Wildman–Crippen MR) is 83.4 cm³/mol. The summed E-state index contributed by atoms with van der Waals surface area (Å²) < 4.78 is 0. The number of benzene rings is 1. The number of rotatable bonds is 7. The summed E-state index contributed by atoms with van der Waals surface area (Å²) in [4.78, 5) is 11.8. The minimum atomic E-state index is 0.139. The minimum absolute atomic E-state index is 0.139. The fourth-order valence-electron chi connectivity index (χ4n) is 3.02. The second-order valence-electron chi connectivity index (χ2n) is 5.84. The summed E-state index contributed by atoms with van der Waals surface area (Å²) in [5, 5.41) is 3.02. The lowest BCUT2D eigenvalue weighted by Crippen LogP contribution is -2.25. The molecule has 0 spiro atoms. The van der Waals surface area contributed by atoms with Gasteiger partial charge < -0.3 is 11.1 Å². The van der Waals surface area contributed by atoms with Gasteiger partial charge in [0.2, 0.25) is 5.91 Å². The zero-order chi connectivity index (χ0) is 14.2. The van der Waals surface area contributed by atoms with Crippen LogP contribution in [0.5, 0.6) is 0 Å². The molecular weight excluding hydrogens is 248 g/mol. The van der Waals surface area contributed by atoms with E-state index in [-0.39, 0.29) is 5.91 Å². The Hall–Kier alpha value is -1.51. The third kappa shape index (κ3) is 4.87. The Bertz CT molecular complexity index is 425. The third-order valence-electron chi connectivity index (χ3n) is 4.26. The average molecular weight is 274 g/mol. The van der Waals surface area contributed by atoms with Crippen molar-refractivity contribution in [3.05, 3.63) is 29.8 Å². The minimum Gasteiger partial charge on any atom is -0.399 e. The number of aryl methyl sites for hydroxylation is 1. The van der Waals surface area contributed by atoms with Crippen molar-refractivity contribution in [1.82, 2.24) is 5.32 Å². The number of nitrogens with one attached hydrogen (secondary N) is 1. The van der Waals surface area contributed by atoms with E-state index in [2.05, 4.69) is 5.32 Å². The van der Waals surface area contributed by atoms with E-state index in [9.17, 15) is 4.79 Å². The summed E-state index contributed by atoms with van der Waals surface area (Å²) in [5.74, 6) is 1.05. The van der Waals surface area contributed by atoms with Gasteiger partial charge >= 0.3 is 0 Å². The number of carbonyl (C=O) groups excluding carboxylic acids is 1. The molecule has 0 atom stereocenters. The molecule has 1 aromatic carbocycles. The molecule has 1 aliphatic carbocycles. The highest BCUT2D eigenvalue weighted by Crippen LogP contribution is 2.28. The van der Waals surface area contributed by atoms with Crippen molar-refractivity contribution in [2.45, 2.75) is 51.4 Å². The van der Waals surface area contributed by atoms with Crippen LogP contribution < -0.4 is 11.1 Å². The van der Waals surface area contributed by atoms with Gasteiger partial charge in [-0.05, 0) is 36.8 Å². The van der Waals surface area contributed by atoms with E-state index in [0.29, 0.717) is 6.42 Å². The monoisotopic (exact) mass is 274 g/mol. The molecule has 20 heavy (non-hydrogen) atoms. The second kappa shape index (κ2) is 7.93. The summed E-state index contributed by atoms with van der Waals surface area (Å²) in [7, 11) is 0. The summed E-state index contributed by atoms with van der Waals surface area (Å²) in [6, 6.07) is 7.75. The topological polar surface area (TPSA) is 55.1 Å². The first-order chi connectivity index (χ1) is 9.75. The number of hydrogen-bond donors (Lipinski definition) is 2. The van der Waals surface area contributed by atoms with E-state index in [1.165, 1.54) is 32.1 Å². The molecule has 0 aliphatic heterocycles. The molecule has 1 amide bonds. The van der Waals surface area contributed by atoms with Gasteiger partial charge in [0.05, 0.1) is 0 Å². The lowest BCUT2D eigenvalue weighted by molar-refractivity contribution is -0.121. The zero-order valence-electron chi connectivity index (χ0n) is 12.2. The number of anilines is 1. The number of nitrogen functional groups attached to an aromatic ring is 1. The first-order valence-electron chi connectivity index (χ1n) is 7.86. The largest absolute Gasteiger partial charge is 0.399 e. The second-order valence-corrected chi connectivity index (χ2v) is 5.84. The van der Waals surface area contributed by atoms with Crippen LogP contribution in [0.2, 0.25) is 0 Å². The Labute approximate surface area is 121 Å². The van der Waals surface area contributed by atoms with Crippen LogP contribution in [0, 0.1) is 5.92 Å². The van der Waals surface area contributed by atoms with E-state index in [1.54, 1.807) is 0 Å². The van der Waals surface area contributed by atoms with Crippen molar-refractivity contribution >= 4 is 11.6 Å². The van der Waals surface area contributed by atoms with E-state index in [1.807, 2.05) is 24.3 Å². The van der Waals surface area contributed by atoms with Crippen molar-refractivity contribution in [3.63, 3.8) is 0 Å². The Balaban J connectivity index is 1.57. The molecule has 1 saturated carbocycles. The standard InChI is InChI=1S/C17H26N2O/c18-16-10-4-3-9-15(16)11-12-17(20)19-13-5-8-14-6-1-2-7-14/h3-4,9-10,14H,1-2,5-8,11-13,18H2,(H,19,20). The molecule has 0 heterocycles. The van der Waals surface area contributed by atoms with Crippen LogP contribution >= 0.6 is 0 Å². The van der Waals surface area contributed by atoms with Gasteiger partial charge in [-0.1, -0.05) is 43.9 Å². The molecule has 0 saturated heterocycles. The molecule has 0 bridgehead atoms. The SMILES string of the molecule is Nc1ccccc1CCC(=O)NCCCC1CCCC1. The highest BCUT2D eigenvalue weighted by atomic mass is 16.1. The van der Waals surface area contributed by atoms with Crippen molar-refractivity contribution in [2.24, 2.45) is 5.92 Å². The van der Waals surface area contributed by atoms with E-state index in [4.69, 9.17) is 5.73 Å². The van der Waals surface area contributed by atoms with Crippen LogP contribution in [0.1, 0.15) is 50.5 Å². The van der Waals surface area contributed by atoms with Crippen LogP contribution in [0.25, 0.3) is 0 Å². The zero-order valence-corrected chi connectivity index (χ0v) is 12.2. The van der Waals surface area contributed by atoms with Gasteiger partial charge in [0.25, 0.3) is 0 Å². The fraction of sp³-hybridized carbons (Fsp3) is 0.588. The normalized spacial score (nSPS) is 15.4. The van der Waals surface area contributed by atoms with Gasteiger partial charge in [-0.3, -0.25) is 4.79 Å². The van der Waals surface area contributed by atoms with Crippen LogP contribution in [0.4, 0.5) is 5.69 Å². The van der Waals surface area contributed by atoms with Crippen molar-refractivity contribution < 1.29 is 4.79 Å². The Morgan fingerprint density at radius 1 is 1.25 bits per heavy atom. The fourth-order valence-corrected chi connectivity index (χ4v) is 3.02. The highest BCUT2D eigenvalue weighted by Gasteiger charge is 2.14. The van der Waals surface area contributed by atoms with Crippen molar-refractivity contribution in [3.8, 4) is 0 Å². The van der Waals surface area contributed by atoms with Crippen molar-refractivity contribution in [2.75, 3.05) is 12.3 Å². The van der Waals surface area contributed by atoms with Gasteiger partial charge in [-0.15, -0.1) is 0 Å². The maximum Gasteiger partial charge on any atom is 0.220 e. The number of para-hydroxylation sites is 1. The lowest BCUT2D eigenvalue weighted by Gasteiger charge is -2.09. The van der Waals surface area contributed by atoms with Crippen LogP contribution in [0.15, 0.2) is 24.3 Å². The number of carbonyl (C=O) groups is 1. The van der Waals surface area contributed by atoms with Gasteiger partial charge in [0.1, 0.15) is 0 Å². The average Bonchev–Trinajstić information content (AvgIpc) is 2.96. The summed E-state index contributed by atoms with van der Waals surface area (Å²) in [6.45, 7) is 0.819. The van der Waals surface area contributed by atoms with Gasteiger partial charge in [0, 0.05) is 18.7 Å². The maximum atomic E-state index is 11.8. The molecule has 110 valence electrons. The van der Waals surface area contributed by atoms with E-state index < -0.39 is 0 Å². The molecule has 1 aliphatic rings.